The zero-order chi connectivity index (χ0) is 19.8. The fourth-order valence-electron chi connectivity index (χ4n) is 3.31. The predicted molar refractivity (Wildman–Crippen MR) is 114 cm³/mol. The van der Waals surface area contributed by atoms with Crippen LogP contribution in [0, 0.1) is 6.92 Å². The number of fused-ring (bicyclic) bond motifs is 1. The number of halogens is 1. The topological polar surface area (TPSA) is 51.0 Å². The van der Waals surface area contributed by atoms with Crippen LogP contribution < -0.4 is 0 Å². The van der Waals surface area contributed by atoms with Crippen LogP contribution >= 0.6 is 22.9 Å². The molecule has 0 aliphatic rings. The molecule has 0 N–H and O–H groups in total. The fourth-order valence-corrected chi connectivity index (χ4v) is 4.12. The molecule has 0 radical (unpaired) electrons. The highest BCUT2D eigenvalue weighted by Crippen LogP contribution is 2.30. The lowest BCUT2D eigenvalue weighted by molar-refractivity contribution is 0.0787. The third kappa shape index (κ3) is 3.41. The van der Waals surface area contributed by atoms with Crippen LogP contribution in [-0.2, 0) is 13.6 Å². The maximum Gasteiger partial charge on any atom is 0.254 e. The van der Waals surface area contributed by atoms with E-state index in [4.69, 9.17) is 16.6 Å². The molecule has 0 aliphatic carbocycles. The van der Waals surface area contributed by atoms with E-state index in [0.717, 1.165) is 27.2 Å². The molecule has 0 bridgehead atoms. The zero-order valence-corrected chi connectivity index (χ0v) is 17.4. The Morgan fingerprint density at radius 3 is 2.68 bits per heavy atom. The van der Waals surface area contributed by atoms with Gasteiger partial charge < -0.3 is 4.90 Å². The van der Waals surface area contributed by atoms with Gasteiger partial charge in [0.25, 0.3) is 5.91 Å². The number of pyridine rings is 1. The molecule has 0 spiro atoms. The number of rotatable bonds is 4. The highest BCUT2D eigenvalue weighted by molar-refractivity contribution is 7.13. The van der Waals surface area contributed by atoms with Gasteiger partial charge in [0, 0.05) is 25.7 Å². The highest BCUT2D eigenvalue weighted by atomic mass is 35.5. The minimum Gasteiger partial charge on any atom is -0.337 e. The molecule has 142 valence electrons. The summed E-state index contributed by atoms with van der Waals surface area (Å²) in [6.07, 6.45) is 0. The largest absolute Gasteiger partial charge is 0.337 e. The molecule has 1 aromatic carbocycles. The molecular weight excluding hydrogens is 392 g/mol. The van der Waals surface area contributed by atoms with Gasteiger partial charge in [0.2, 0.25) is 0 Å². The van der Waals surface area contributed by atoms with Crippen molar-refractivity contribution in [1.29, 1.82) is 0 Å². The standard InChI is InChI=1S/C21H19ClN4OS/c1-13-19-16(21(27)25(2)12-14-6-8-15(22)9-7-14)11-17(18-5-4-10-28-18)23-20(19)26(3)24-13/h4-11H,12H2,1-3H3. The van der Waals surface area contributed by atoms with Gasteiger partial charge in [0.05, 0.1) is 27.2 Å². The Morgan fingerprint density at radius 1 is 1.25 bits per heavy atom. The third-order valence-electron chi connectivity index (χ3n) is 4.65. The zero-order valence-electron chi connectivity index (χ0n) is 15.8. The number of nitrogens with zero attached hydrogens (tertiary/aromatic N) is 4. The molecule has 3 heterocycles. The van der Waals surface area contributed by atoms with Crippen LogP contribution in [0.1, 0.15) is 21.6 Å². The van der Waals surface area contributed by atoms with Crippen LogP contribution in [0.4, 0.5) is 0 Å². The summed E-state index contributed by atoms with van der Waals surface area (Å²) >= 11 is 7.56. The van der Waals surface area contributed by atoms with E-state index in [2.05, 4.69) is 5.10 Å². The summed E-state index contributed by atoms with van der Waals surface area (Å²) in [6, 6.07) is 13.4. The summed E-state index contributed by atoms with van der Waals surface area (Å²) in [5.74, 6) is -0.0590. The molecule has 0 atom stereocenters. The van der Waals surface area contributed by atoms with Crippen molar-refractivity contribution in [2.45, 2.75) is 13.5 Å². The van der Waals surface area contributed by atoms with Crippen molar-refractivity contribution in [1.82, 2.24) is 19.7 Å². The predicted octanol–water partition coefficient (Wildman–Crippen LogP) is 4.93. The quantitative estimate of drug-likeness (QED) is 0.479. The van der Waals surface area contributed by atoms with Crippen LogP contribution in [-0.4, -0.2) is 32.6 Å². The molecule has 0 saturated carbocycles. The van der Waals surface area contributed by atoms with E-state index in [-0.39, 0.29) is 5.91 Å². The lowest BCUT2D eigenvalue weighted by atomic mass is 10.1. The lowest BCUT2D eigenvalue weighted by Gasteiger charge is -2.18. The van der Waals surface area contributed by atoms with Gasteiger partial charge in [-0.05, 0) is 42.1 Å². The normalized spacial score (nSPS) is 11.1. The third-order valence-corrected chi connectivity index (χ3v) is 5.80. The molecule has 4 rings (SSSR count). The van der Waals surface area contributed by atoms with Crippen molar-refractivity contribution in [2.24, 2.45) is 7.05 Å². The molecular formula is C21H19ClN4OS. The highest BCUT2D eigenvalue weighted by Gasteiger charge is 2.22. The van der Waals surface area contributed by atoms with E-state index < -0.39 is 0 Å². The van der Waals surface area contributed by atoms with Gasteiger partial charge in [-0.1, -0.05) is 29.8 Å². The molecule has 0 saturated heterocycles. The molecule has 28 heavy (non-hydrogen) atoms. The van der Waals surface area contributed by atoms with Gasteiger partial charge in [-0.15, -0.1) is 11.3 Å². The number of thiophene rings is 1. The summed E-state index contributed by atoms with van der Waals surface area (Å²) in [7, 11) is 3.66. The van der Waals surface area contributed by atoms with Gasteiger partial charge in [-0.2, -0.15) is 5.10 Å². The van der Waals surface area contributed by atoms with Crippen molar-refractivity contribution in [3.8, 4) is 10.6 Å². The minimum atomic E-state index is -0.0590. The van der Waals surface area contributed by atoms with Crippen molar-refractivity contribution in [3.63, 3.8) is 0 Å². The Balaban J connectivity index is 1.77. The minimum absolute atomic E-state index is 0.0590. The van der Waals surface area contributed by atoms with Crippen LogP contribution in [0.5, 0.6) is 0 Å². The number of carbonyl (C=O) groups excluding carboxylic acids is 1. The van der Waals surface area contributed by atoms with Crippen LogP contribution in [0.25, 0.3) is 21.6 Å². The Labute approximate surface area is 172 Å². The van der Waals surface area contributed by atoms with E-state index in [1.807, 2.05) is 61.8 Å². The maximum atomic E-state index is 13.4. The summed E-state index contributed by atoms with van der Waals surface area (Å²) in [5.41, 5.74) is 3.94. The van der Waals surface area contributed by atoms with E-state index in [1.165, 1.54) is 0 Å². The van der Waals surface area contributed by atoms with Crippen LogP contribution in [0.3, 0.4) is 0 Å². The molecule has 5 nitrogen and oxygen atoms in total. The molecule has 0 unspecified atom stereocenters. The Morgan fingerprint density at radius 2 is 2.00 bits per heavy atom. The second-order valence-corrected chi connectivity index (χ2v) is 8.11. The van der Waals surface area contributed by atoms with Crippen molar-refractivity contribution >= 4 is 39.9 Å². The first-order valence-electron chi connectivity index (χ1n) is 8.82. The molecule has 1 amide bonds. The fraction of sp³-hybridized carbons (Fsp3) is 0.190. The summed E-state index contributed by atoms with van der Waals surface area (Å²) in [5, 5.41) is 7.97. The number of hydrogen-bond acceptors (Lipinski definition) is 4. The average molecular weight is 411 g/mol. The Kier molecular flexibility index (Phi) is 4.91. The van der Waals surface area contributed by atoms with E-state index in [0.29, 0.717) is 22.8 Å². The smallest absolute Gasteiger partial charge is 0.254 e. The van der Waals surface area contributed by atoms with Crippen molar-refractivity contribution in [3.05, 3.63) is 69.7 Å². The number of hydrogen-bond donors (Lipinski definition) is 0. The van der Waals surface area contributed by atoms with Crippen LogP contribution in [0.15, 0.2) is 47.8 Å². The first-order chi connectivity index (χ1) is 13.4. The van der Waals surface area contributed by atoms with Gasteiger partial charge in [-0.25, -0.2) is 4.98 Å². The number of carbonyl (C=O) groups is 1. The second-order valence-electron chi connectivity index (χ2n) is 6.73. The van der Waals surface area contributed by atoms with E-state index in [9.17, 15) is 4.79 Å². The monoisotopic (exact) mass is 410 g/mol. The molecule has 7 heteroatoms. The van der Waals surface area contributed by atoms with Gasteiger partial charge in [0.15, 0.2) is 5.65 Å². The van der Waals surface area contributed by atoms with Crippen molar-refractivity contribution in [2.75, 3.05) is 7.05 Å². The molecule has 4 aromatic rings. The second kappa shape index (κ2) is 7.37. The lowest BCUT2D eigenvalue weighted by Crippen LogP contribution is -2.26. The van der Waals surface area contributed by atoms with Crippen molar-refractivity contribution < 1.29 is 4.79 Å². The van der Waals surface area contributed by atoms with E-state index >= 15 is 0 Å². The number of amides is 1. The average Bonchev–Trinajstić information content (AvgIpc) is 3.31. The Hall–Kier alpha value is -2.70. The summed E-state index contributed by atoms with van der Waals surface area (Å²) < 4.78 is 1.73. The number of aromatic nitrogens is 3. The summed E-state index contributed by atoms with van der Waals surface area (Å²) in [6.45, 7) is 2.40. The maximum absolute atomic E-state index is 13.4. The van der Waals surface area contributed by atoms with E-state index in [1.54, 1.807) is 28.0 Å². The molecule has 3 aromatic heterocycles. The first kappa shape index (κ1) is 18.7. The molecule has 0 aliphatic heterocycles. The van der Waals surface area contributed by atoms with Gasteiger partial charge >= 0.3 is 0 Å². The molecule has 0 fully saturated rings. The number of benzene rings is 1. The Bertz CT molecular complexity index is 1150. The van der Waals surface area contributed by atoms with Crippen LogP contribution in [0.2, 0.25) is 5.02 Å². The summed E-state index contributed by atoms with van der Waals surface area (Å²) in [4.78, 5) is 20.8. The van der Waals surface area contributed by atoms with Gasteiger partial charge in [0.1, 0.15) is 0 Å². The number of aryl methyl sites for hydroxylation is 2. The van der Waals surface area contributed by atoms with Gasteiger partial charge in [-0.3, -0.25) is 9.48 Å². The SMILES string of the molecule is Cc1nn(C)c2nc(-c3cccs3)cc(C(=O)N(C)Cc3ccc(Cl)cc3)c12. The first-order valence-corrected chi connectivity index (χ1v) is 10.1.